The largest absolute Gasteiger partial charge is 0.424 e. The van der Waals surface area contributed by atoms with E-state index in [4.69, 9.17) is 4.74 Å². The molecular weight excluding hydrogens is 282 g/mol. The summed E-state index contributed by atoms with van der Waals surface area (Å²) >= 11 is 3.27. The summed E-state index contributed by atoms with van der Waals surface area (Å²) in [5.74, 6) is 0.721. The van der Waals surface area contributed by atoms with E-state index < -0.39 is 0 Å². The van der Waals surface area contributed by atoms with E-state index in [1.807, 2.05) is 43.3 Å². The average molecular weight is 294 g/mol. The molecule has 17 heavy (non-hydrogen) atoms. The first-order valence-corrected chi connectivity index (χ1v) is 5.87. The van der Waals surface area contributed by atoms with Crippen molar-refractivity contribution in [3.8, 4) is 11.8 Å². The number of benzene rings is 1. The maximum atomic E-state index is 5.55. The van der Waals surface area contributed by atoms with Crippen LogP contribution in [0.15, 0.2) is 41.1 Å². The smallest absolute Gasteiger partial charge is 0.321 e. The molecule has 0 aliphatic carbocycles. The van der Waals surface area contributed by atoms with E-state index in [0.29, 0.717) is 6.01 Å². The number of hydrogen-bond donors (Lipinski definition) is 0. The van der Waals surface area contributed by atoms with Gasteiger partial charge in [0.25, 0.3) is 0 Å². The third-order valence-electron chi connectivity index (χ3n) is 2.14. The first kappa shape index (κ1) is 11.9. The molecule has 0 N–H and O–H groups in total. The Bertz CT molecular complexity index is 499. The fourth-order valence-corrected chi connectivity index (χ4v) is 1.49. The van der Waals surface area contributed by atoms with Gasteiger partial charge in [0.15, 0.2) is 0 Å². The van der Waals surface area contributed by atoms with Crippen LogP contribution in [0.5, 0.6) is 11.8 Å². The number of aromatic nitrogens is 2. The third-order valence-corrected chi connectivity index (χ3v) is 2.55. The standard InChI is InChI=1S/C12H12BrN3O/c1-16(2)10-4-3-5-11(6-10)17-12-14-7-9(13)8-15-12/h3-8H,1-2H3. The van der Waals surface area contributed by atoms with Gasteiger partial charge in [-0.2, -0.15) is 0 Å². The monoisotopic (exact) mass is 293 g/mol. The molecule has 0 bridgehead atoms. The van der Waals surface area contributed by atoms with Crippen molar-refractivity contribution in [2.24, 2.45) is 0 Å². The molecule has 0 aliphatic heterocycles. The molecule has 0 aliphatic rings. The third kappa shape index (κ3) is 3.17. The maximum absolute atomic E-state index is 5.55. The highest BCUT2D eigenvalue weighted by molar-refractivity contribution is 9.10. The lowest BCUT2D eigenvalue weighted by Gasteiger charge is -2.13. The molecule has 4 nitrogen and oxygen atoms in total. The van der Waals surface area contributed by atoms with Crippen molar-refractivity contribution >= 4 is 21.6 Å². The Morgan fingerprint density at radius 3 is 2.53 bits per heavy atom. The van der Waals surface area contributed by atoms with E-state index in [1.165, 1.54) is 0 Å². The number of anilines is 1. The Morgan fingerprint density at radius 2 is 1.88 bits per heavy atom. The molecule has 0 amide bonds. The summed E-state index contributed by atoms with van der Waals surface area (Å²) in [5, 5.41) is 0. The molecule has 1 heterocycles. The van der Waals surface area contributed by atoms with Gasteiger partial charge in [-0.25, -0.2) is 9.97 Å². The predicted molar refractivity (Wildman–Crippen MR) is 70.6 cm³/mol. The second-order valence-electron chi connectivity index (χ2n) is 3.68. The highest BCUT2D eigenvalue weighted by Crippen LogP contribution is 2.23. The molecule has 88 valence electrons. The van der Waals surface area contributed by atoms with Crippen LogP contribution in [0.25, 0.3) is 0 Å². The van der Waals surface area contributed by atoms with E-state index >= 15 is 0 Å². The molecular formula is C12H12BrN3O. The lowest BCUT2D eigenvalue weighted by atomic mass is 10.3. The van der Waals surface area contributed by atoms with Gasteiger partial charge >= 0.3 is 6.01 Å². The number of halogens is 1. The quantitative estimate of drug-likeness (QED) is 0.872. The van der Waals surface area contributed by atoms with Crippen molar-refractivity contribution in [3.05, 3.63) is 41.1 Å². The predicted octanol–water partition coefficient (Wildman–Crippen LogP) is 3.10. The highest BCUT2D eigenvalue weighted by atomic mass is 79.9. The fraction of sp³-hybridized carbons (Fsp3) is 0.167. The number of hydrogen-bond acceptors (Lipinski definition) is 4. The van der Waals surface area contributed by atoms with Gasteiger partial charge in [-0.1, -0.05) is 6.07 Å². The van der Waals surface area contributed by atoms with Crippen LogP contribution in [0.4, 0.5) is 5.69 Å². The van der Waals surface area contributed by atoms with Gasteiger partial charge in [-0.3, -0.25) is 0 Å². The maximum Gasteiger partial charge on any atom is 0.321 e. The minimum atomic E-state index is 0.337. The number of ether oxygens (including phenoxy) is 1. The summed E-state index contributed by atoms with van der Waals surface area (Å²) in [5.41, 5.74) is 1.07. The van der Waals surface area contributed by atoms with E-state index in [2.05, 4.69) is 25.9 Å². The number of rotatable bonds is 3. The van der Waals surface area contributed by atoms with Crippen molar-refractivity contribution in [2.45, 2.75) is 0 Å². The second kappa shape index (κ2) is 5.14. The molecule has 0 saturated heterocycles. The first-order valence-electron chi connectivity index (χ1n) is 5.08. The molecule has 2 aromatic rings. The molecule has 0 fully saturated rings. The summed E-state index contributed by atoms with van der Waals surface area (Å²) in [6.45, 7) is 0. The summed E-state index contributed by atoms with van der Waals surface area (Å²) in [6, 6.07) is 8.09. The molecule has 0 unspecified atom stereocenters. The van der Waals surface area contributed by atoms with Crippen LogP contribution in [0.1, 0.15) is 0 Å². The fourth-order valence-electron chi connectivity index (χ4n) is 1.28. The van der Waals surface area contributed by atoms with Gasteiger partial charge in [0, 0.05) is 38.2 Å². The zero-order valence-corrected chi connectivity index (χ0v) is 11.2. The molecule has 0 spiro atoms. The van der Waals surface area contributed by atoms with E-state index in [0.717, 1.165) is 15.9 Å². The minimum absolute atomic E-state index is 0.337. The van der Waals surface area contributed by atoms with Gasteiger partial charge in [0.2, 0.25) is 0 Å². The van der Waals surface area contributed by atoms with Crippen LogP contribution in [-0.2, 0) is 0 Å². The molecule has 0 radical (unpaired) electrons. The first-order chi connectivity index (χ1) is 8.15. The van der Waals surface area contributed by atoms with Gasteiger partial charge in [-0.15, -0.1) is 0 Å². The minimum Gasteiger partial charge on any atom is -0.424 e. The second-order valence-corrected chi connectivity index (χ2v) is 4.59. The van der Waals surface area contributed by atoms with Crippen LogP contribution in [-0.4, -0.2) is 24.1 Å². The molecule has 5 heteroatoms. The van der Waals surface area contributed by atoms with Crippen LogP contribution >= 0.6 is 15.9 Å². The molecule has 0 saturated carbocycles. The Hall–Kier alpha value is -1.62. The molecule has 2 rings (SSSR count). The van der Waals surface area contributed by atoms with Crippen molar-refractivity contribution in [1.29, 1.82) is 0 Å². The lowest BCUT2D eigenvalue weighted by molar-refractivity contribution is 0.441. The van der Waals surface area contributed by atoms with E-state index in [9.17, 15) is 0 Å². The zero-order chi connectivity index (χ0) is 12.3. The SMILES string of the molecule is CN(C)c1cccc(Oc2ncc(Br)cn2)c1. The van der Waals surface area contributed by atoms with Gasteiger partial charge < -0.3 is 9.64 Å². The van der Waals surface area contributed by atoms with Gasteiger partial charge in [0.1, 0.15) is 5.75 Å². The normalized spacial score (nSPS) is 10.1. The summed E-state index contributed by atoms with van der Waals surface area (Å²) in [7, 11) is 3.96. The Kier molecular flexibility index (Phi) is 3.58. The molecule has 1 aromatic carbocycles. The Labute approximate surface area is 108 Å². The summed E-state index contributed by atoms with van der Waals surface area (Å²) < 4.78 is 6.38. The number of nitrogens with zero attached hydrogens (tertiary/aromatic N) is 3. The zero-order valence-electron chi connectivity index (χ0n) is 9.59. The van der Waals surface area contributed by atoms with Crippen LogP contribution in [0.2, 0.25) is 0 Å². The van der Waals surface area contributed by atoms with Gasteiger partial charge in [0.05, 0.1) is 4.47 Å². The Morgan fingerprint density at radius 1 is 1.18 bits per heavy atom. The highest BCUT2D eigenvalue weighted by Gasteiger charge is 2.02. The summed E-state index contributed by atoms with van der Waals surface area (Å²) in [4.78, 5) is 10.1. The van der Waals surface area contributed by atoms with Crippen LogP contribution in [0.3, 0.4) is 0 Å². The van der Waals surface area contributed by atoms with Crippen molar-refractivity contribution in [3.63, 3.8) is 0 Å². The van der Waals surface area contributed by atoms with Crippen LogP contribution < -0.4 is 9.64 Å². The van der Waals surface area contributed by atoms with Crippen molar-refractivity contribution in [2.75, 3.05) is 19.0 Å². The average Bonchev–Trinajstić information content (AvgIpc) is 2.32. The van der Waals surface area contributed by atoms with Crippen LogP contribution in [0, 0.1) is 0 Å². The van der Waals surface area contributed by atoms with Crippen molar-refractivity contribution in [1.82, 2.24) is 9.97 Å². The molecule has 0 atom stereocenters. The molecule has 1 aromatic heterocycles. The van der Waals surface area contributed by atoms with Crippen molar-refractivity contribution < 1.29 is 4.74 Å². The Balaban J connectivity index is 2.18. The van der Waals surface area contributed by atoms with E-state index in [-0.39, 0.29) is 0 Å². The van der Waals surface area contributed by atoms with Gasteiger partial charge in [-0.05, 0) is 28.1 Å². The topological polar surface area (TPSA) is 38.2 Å². The lowest BCUT2D eigenvalue weighted by Crippen LogP contribution is -2.08. The summed E-state index contributed by atoms with van der Waals surface area (Å²) in [6.07, 6.45) is 3.30. The van der Waals surface area contributed by atoms with E-state index in [1.54, 1.807) is 12.4 Å².